The van der Waals surface area contributed by atoms with Gasteiger partial charge in [0.1, 0.15) is 0 Å². The first-order valence-corrected chi connectivity index (χ1v) is 6.68. The molecular weight excluding hydrogens is 238 g/mol. The largest absolute Gasteiger partial charge is 0.342 e. The molecule has 1 aliphatic rings. The average molecular weight is 249 g/mol. The first kappa shape index (κ1) is 10.6. The van der Waals surface area contributed by atoms with Crippen LogP contribution in [0.1, 0.15) is 13.3 Å². The molecule has 2 rings (SSSR count). The molecule has 0 amide bonds. The lowest BCUT2D eigenvalue weighted by atomic mass is 10.0. The van der Waals surface area contributed by atoms with Crippen LogP contribution < -0.4 is 5.69 Å². The smallest absolute Gasteiger partial charge is 0.272 e. The first-order chi connectivity index (χ1) is 6.84. The van der Waals surface area contributed by atoms with Gasteiger partial charge in [-0.3, -0.25) is 9.67 Å². The van der Waals surface area contributed by atoms with E-state index < -0.39 is 15.4 Å². The Bertz CT molecular complexity index is 566. The Labute approximate surface area is 91.2 Å². The van der Waals surface area contributed by atoms with Gasteiger partial charge in [0.25, 0.3) is 0 Å². The molecular formula is C7H11N3O3S2. The van der Waals surface area contributed by atoms with Gasteiger partial charge in [0, 0.05) is 0 Å². The number of H-pyrrole nitrogens is 2. The average Bonchev–Trinajstić information content (AvgIpc) is 2.55. The third kappa shape index (κ3) is 1.67. The number of hydrogen-bond acceptors (Lipinski definition) is 4. The highest BCUT2D eigenvalue weighted by Gasteiger charge is 2.41. The Hall–Kier alpha value is -0.890. The zero-order valence-electron chi connectivity index (χ0n) is 8.11. The van der Waals surface area contributed by atoms with Crippen molar-refractivity contribution in [1.82, 2.24) is 14.8 Å². The molecule has 2 heterocycles. The molecule has 0 aromatic carbocycles. The van der Waals surface area contributed by atoms with Crippen LogP contribution >= 0.6 is 12.2 Å². The van der Waals surface area contributed by atoms with E-state index in [0.717, 1.165) is 0 Å². The first-order valence-electron chi connectivity index (χ1n) is 4.45. The number of rotatable bonds is 1. The van der Waals surface area contributed by atoms with Gasteiger partial charge < -0.3 is 0 Å². The summed E-state index contributed by atoms with van der Waals surface area (Å²) in [6.45, 7) is 1.73. The van der Waals surface area contributed by atoms with E-state index in [1.807, 2.05) is 0 Å². The van der Waals surface area contributed by atoms with Crippen molar-refractivity contribution in [3.63, 3.8) is 0 Å². The van der Waals surface area contributed by atoms with Gasteiger partial charge in [-0.2, -0.15) is 0 Å². The van der Waals surface area contributed by atoms with Crippen LogP contribution in [0.2, 0.25) is 0 Å². The monoisotopic (exact) mass is 249 g/mol. The van der Waals surface area contributed by atoms with E-state index in [4.69, 9.17) is 12.2 Å². The molecule has 2 N–H and O–H groups in total. The summed E-state index contributed by atoms with van der Waals surface area (Å²) in [5, 5.41) is 4.86. The van der Waals surface area contributed by atoms with Crippen LogP contribution in [0.25, 0.3) is 0 Å². The van der Waals surface area contributed by atoms with Crippen LogP contribution in [0.5, 0.6) is 0 Å². The van der Waals surface area contributed by atoms with E-state index >= 15 is 0 Å². The van der Waals surface area contributed by atoms with Gasteiger partial charge in [-0.1, -0.05) is 0 Å². The highest BCUT2D eigenvalue weighted by Crippen LogP contribution is 2.29. The topological polar surface area (TPSA) is 87.7 Å². The minimum Gasteiger partial charge on any atom is -0.272 e. The van der Waals surface area contributed by atoms with E-state index in [1.54, 1.807) is 6.92 Å². The molecule has 1 atom stereocenters. The highest BCUT2D eigenvalue weighted by atomic mass is 32.2. The van der Waals surface area contributed by atoms with Crippen LogP contribution in [-0.2, 0) is 15.4 Å². The van der Waals surface area contributed by atoms with Crippen LogP contribution in [0.15, 0.2) is 4.79 Å². The van der Waals surface area contributed by atoms with Crippen molar-refractivity contribution in [3.8, 4) is 0 Å². The number of sulfone groups is 1. The van der Waals surface area contributed by atoms with Gasteiger partial charge in [0.05, 0.1) is 17.0 Å². The van der Waals surface area contributed by atoms with Gasteiger partial charge in [0.15, 0.2) is 14.6 Å². The lowest BCUT2D eigenvalue weighted by molar-refractivity contribution is 0.351. The molecule has 84 valence electrons. The molecule has 1 aromatic rings. The van der Waals surface area contributed by atoms with Crippen molar-refractivity contribution in [1.29, 1.82) is 0 Å². The summed E-state index contributed by atoms with van der Waals surface area (Å²) in [5.41, 5.74) is -1.11. The van der Waals surface area contributed by atoms with Crippen molar-refractivity contribution < 1.29 is 8.42 Å². The molecule has 15 heavy (non-hydrogen) atoms. The number of aromatic amines is 2. The summed E-state index contributed by atoms with van der Waals surface area (Å²) in [5.74, 6) is 0.0745. The summed E-state index contributed by atoms with van der Waals surface area (Å²) in [7, 11) is -3.05. The van der Waals surface area contributed by atoms with Gasteiger partial charge in [-0.25, -0.2) is 18.3 Å². The van der Waals surface area contributed by atoms with Crippen LogP contribution in [0.4, 0.5) is 0 Å². The molecule has 0 radical (unpaired) electrons. The van der Waals surface area contributed by atoms with Gasteiger partial charge >= 0.3 is 5.69 Å². The number of hydrogen-bond donors (Lipinski definition) is 2. The molecule has 0 spiro atoms. The van der Waals surface area contributed by atoms with E-state index in [0.29, 0.717) is 6.42 Å². The molecule has 1 unspecified atom stereocenters. The van der Waals surface area contributed by atoms with E-state index in [2.05, 4.69) is 10.2 Å². The van der Waals surface area contributed by atoms with Crippen molar-refractivity contribution in [2.75, 3.05) is 11.5 Å². The van der Waals surface area contributed by atoms with Crippen molar-refractivity contribution >= 4 is 22.1 Å². The van der Waals surface area contributed by atoms with Gasteiger partial charge in [-0.05, 0) is 25.6 Å². The fraction of sp³-hybridized carbons (Fsp3) is 0.714. The van der Waals surface area contributed by atoms with Gasteiger partial charge in [0.2, 0.25) is 0 Å². The molecule has 8 heteroatoms. The Balaban J connectivity index is 2.58. The SMILES string of the molecule is CC1(n2c(=O)[nH][nH]c2=S)CCS(=O)(=O)C1. The fourth-order valence-electron chi connectivity index (χ4n) is 1.97. The third-order valence-electron chi connectivity index (χ3n) is 2.70. The molecule has 1 saturated heterocycles. The predicted molar refractivity (Wildman–Crippen MR) is 57.2 cm³/mol. The zero-order chi connectivity index (χ0) is 11.3. The molecule has 0 bridgehead atoms. The highest BCUT2D eigenvalue weighted by molar-refractivity contribution is 7.91. The standard InChI is InChI=1S/C7H11N3O3S2/c1-7(2-3-15(12,13)4-7)10-5(11)8-9-6(10)14/h2-4H2,1H3,(H,8,11)(H,9,14). The molecule has 0 aliphatic carbocycles. The summed E-state index contributed by atoms with van der Waals surface area (Å²) in [6.07, 6.45) is 0.421. The maximum absolute atomic E-state index is 11.5. The minimum absolute atomic E-state index is 0.0325. The third-order valence-corrected chi connectivity index (χ3v) is 4.88. The number of nitrogens with zero attached hydrogens (tertiary/aromatic N) is 1. The lowest BCUT2D eigenvalue weighted by Gasteiger charge is -2.21. The molecule has 1 fully saturated rings. The Morgan fingerprint density at radius 1 is 1.47 bits per heavy atom. The van der Waals surface area contributed by atoms with Crippen molar-refractivity contribution in [2.24, 2.45) is 0 Å². The zero-order valence-corrected chi connectivity index (χ0v) is 9.74. The Morgan fingerprint density at radius 3 is 2.53 bits per heavy atom. The Morgan fingerprint density at radius 2 is 2.13 bits per heavy atom. The number of aromatic nitrogens is 3. The normalized spacial score (nSPS) is 29.4. The predicted octanol–water partition coefficient (Wildman–Crippen LogP) is -0.232. The van der Waals surface area contributed by atoms with Crippen LogP contribution in [0.3, 0.4) is 0 Å². The van der Waals surface area contributed by atoms with Crippen molar-refractivity contribution in [2.45, 2.75) is 18.9 Å². The van der Waals surface area contributed by atoms with E-state index in [-0.39, 0.29) is 22.0 Å². The fourth-order valence-corrected chi connectivity index (χ4v) is 4.44. The summed E-state index contributed by atoms with van der Waals surface area (Å²) in [4.78, 5) is 11.5. The molecule has 1 aliphatic heterocycles. The second-order valence-corrected chi connectivity index (χ2v) is 6.61. The van der Waals surface area contributed by atoms with E-state index in [9.17, 15) is 13.2 Å². The maximum atomic E-state index is 11.5. The summed E-state index contributed by atoms with van der Waals surface area (Å²) < 4.78 is 24.3. The molecule has 6 nitrogen and oxygen atoms in total. The van der Waals surface area contributed by atoms with Crippen molar-refractivity contribution in [3.05, 3.63) is 15.3 Å². The van der Waals surface area contributed by atoms with Gasteiger partial charge in [-0.15, -0.1) is 0 Å². The lowest BCUT2D eigenvalue weighted by Crippen LogP contribution is -2.38. The maximum Gasteiger partial charge on any atom is 0.342 e. The Kier molecular flexibility index (Phi) is 2.16. The number of nitrogens with one attached hydrogen (secondary N) is 2. The summed E-state index contributed by atoms with van der Waals surface area (Å²) in [6, 6.07) is 0. The second kappa shape index (κ2) is 3.05. The van der Waals surface area contributed by atoms with Crippen LogP contribution in [-0.4, -0.2) is 34.7 Å². The van der Waals surface area contributed by atoms with E-state index in [1.165, 1.54) is 4.57 Å². The minimum atomic E-state index is -3.05. The molecule has 0 saturated carbocycles. The van der Waals surface area contributed by atoms with Crippen LogP contribution in [0, 0.1) is 4.77 Å². The second-order valence-electron chi connectivity index (χ2n) is 4.03. The quantitative estimate of drug-likeness (QED) is 0.673. The molecule has 1 aromatic heterocycles. The summed E-state index contributed by atoms with van der Waals surface area (Å²) >= 11 is 4.94.